The number of nitrogens with zero attached hydrogens (tertiary/aromatic N) is 5. The number of amides is 1. The number of hydrogen-bond acceptors (Lipinski definition) is 5. The maximum Gasteiger partial charge on any atom is 0.225 e. The highest BCUT2D eigenvalue weighted by molar-refractivity contribution is 5.94. The number of fused-ring (bicyclic) bond motifs is 1. The van der Waals surface area contributed by atoms with E-state index in [0.29, 0.717) is 24.6 Å². The van der Waals surface area contributed by atoms with Gasteiger partial charge in [-0.15, -0.1) is 0 Å². The van der Waals surface area contributed by atoms with Gasteiger partial charge in [0.1, 0.15) is 0 Å². The first-order valence-electron chi connectivity index (χ1n) is 11.3. The molecular weight excluding hydrogens is 388 g/mol. The second-order valence-corrected chi connectivity index (χ2v) is 8.85. The van der Waals surface area contributed by atoms with E-state index in [0.717, 1.165) is 60.7 Å². The fourth-order valence-electron chi connectivity index (χ4n) is 4.28. The lowest BCUT2D eigenvalue weighted by molar-refractivity contribution is -0.116. The van der Waals surface area contributed by atoms with Crippen molar-refractivity contribution in [2.45, 2.75) is 59.9 Å². The summed E-state index contributed by atoms with van der Waals surface area (Å²) in [5.41, 5.74) is 4.98. The predicted molar refractivity (Wildman–Crippen MR) is 124 cm³/mol. The molecule has 1 saturated heterocycles. The molecule has 31 heavy (non-hydrogen) atoms. The Bertz CT molecular complexity index is 1080. The smallest absolute Gasteiger partial charge is 0.225 e. The minimum atomic E-state index is -0.0413. The second-order valence-electron chi connectivity index (χ2n) is 8.85. The van der Waals surface area contributed by atoms with Crippen LogP contribution in [0.2, 0.25) is 0 Å². The molecule has 4 rings (SSSR count). The summed E-state index contributed by atoms with van der Waals surface area (Å²) in [4.78, 5) is 24.7. The van der Waals surface area contributed by atoms with Crippen molar-refractivity contribution in [2.75, 3.05) is 23.3 Å². The van der Waals surface area contributed by atoms with Crippen LogP contribution in [0.25, 0.3) is 11.0 Å². The third-order valence-corrected chi connectivity index (χ3v) is 5.89. The Labute approximate surface area is 183 Å². The van der Waals surface area contributed by atoms with Crippen molar-refractivity contribution < 1.29 is 4.79 Å². The van der Waals surface area contributed by atoms with Gasteiger partial charge in [-0.1, -0.05) is 26.0 Å². The van der Waals surface area contributed by atoms with Gasteiger partial charge >= 0.3 is 0 Å². The number of anilines is 2. The van der Waals surface area contributed by atoms with Gasteiger partial charge in [0.15, 0.2) is 11.6 Å². The molecule has 164 valence electrons. The normalized spacial score (nSPS) is 14.0. The minimum absolute atomic E-state index is 0.0413. The standard InChI is InChI=1S/C24H32N6O/c1-16(2)15-30-18(4)19(17(3)28-30)11-12-22(31)27-23-24(29-13-7-8-14-29)26-21-10-6-5-9-20(21)25-23/h5-6,9-10,16H,7-8,11-15H2,1-4H3,(H,25,27,31). The molecule has 0 radical (unpaired) electrons. The number of hydrogen-bond donors (Lipinski definition) is 1. The van der Waals surface area contributed by atoms with E-state index in [-0.39, 0.29) is 5.91 Å². The Morgan fingerprint density at radius 2 is 1.77 bits per heavy atom. The molecule has 0 bridgehead atoms. The predicted octanol–water partition coefficient (Wildman–Crippen LogP) is 4.27. The van der Waals surface area contributed by atoms with Crippen molar-refractivity contribution in [2.24, 2.45) is 5.92 Å². The Morgan fingerprint density at radius 3 is 2.45 bits per heavy atom. The van der Waals surface area contributed by atoms with E-state index in [1.165, 1.54) is 5.56 Å². The lowest BCUT2D eigenvalue weighted by atomic mass is 10.1. The number of benzene rings is 1. The second kappa shape index (κ2) is 9.04. The summed E-state index contributed by atoms with van der Waals surface area (Å²) < 4.78 is 2.06. The van der Waals surface area contributed by atoms with Gasteiger partial charge in [-0.2, -0.15) is 5.10 Å². The van der Waals surface area contributed by atoms with Crippen LogP contribution < -0.4 is 10.2 Å². The molecule has 1 aromatic carbocycles. The van der Waals surface area contributed by atoms with Crippen molar-refractivity contribution in [3.63, 3.8) is 0 Å². The van der Waals surface area contributed by atoms with Gasteiger partial charge < -0.3 is 10.2 Å². The van der Waals surface area contributed by atoms with Crippen LogP contribution in [0.5, 0.6) is 0 Å². The number of carbonyl (C=O) groups excluding carboxylic acids is 1. The third kappa shape index (κ3) is 4.70. The van der Waals surface area contributed by atoms with Gasteiger partial charge in [0.25, 0.3) is 0 Å². The summed E-state index contributed by atoms with van der Waals surface area (Å²) in [6.45, 7) is 11.3. The SMILES string of the molecule is Cc1nn(CC(C)C)c(C)c1CCC(=O)Nc1nc2ccccc2nc1N1CCCC1. The van der Waals surface area contributed by atoms with Crippen molar-refractivity contribution in [3.8, 4) is 0 Å². The lowest BCUT2D eigenvalue weighted by Gasteiger charge is -2.20. The maximum atomic E-state index is 12.9. The van der Waals surface area contributed by atoms with Gasteiger partial charge in [-0.25, -0.2) is 9.97 Å². The first-order valence-corrected chi connectivity index (χ1v) is 11.3. The van der Waals surface area contributed by atoms with E-state index < -0.39 is 0 Å². The van der Waals surface area contributed by atoms with Crippen molar-refractivity contribution in [3.05, 3.63) is 41.2 Å². The number of aryl methyl sites for hydroxylation is 1. The van der Waals surface area contributed by atoms with Gasteiger partial charge in [-0.05, 0) is 56.7 Å². The minimum Gasteiger partial charge on any atom is -0.354 e. The average molecular weight is 421 g/mol. The van der Waals surface area contributed by atoms with Crippen molar-refractivity contribution >= 4 is 28.6 Å². The molecule has 7 nitrogen and oxygen atoms in total. The third-order valence-electron chi connectivity index (χ3n) is 5.89. The molecule has 0 aliphatic carbocycles. The van der Waals surface area contributed by atoms with Gasteiger partial charge in [-0.3, -0.25) is 9.48 Å². The van der Waals surface area contributed by atoms with E-state index in [9.17, 15) is 4.79 Å². The molecule has 7 heteroatoms. The number of para-hydroxylation sites is 2. The van der Waals surface area contributed by atoms with E-state index in [1.54, 1.807) is 0 Å². The fraction of sp³-hybridized carbons (Fsp3) is 0.500. The van der Waals surface area contributed by atoms with E-state index in [4.69, 9.17) is 9.97 Å². The summed E-state index contributed by atoms with van der Waals surface area (Å²) in [6, 6.07) is 7.81. The Morgan fingerprint density at radius 1 is 1.10 bits per heavy atom. The molecule has 1 aliphatic heterocycles. The van der Waals surface area contributed by atoms with Crippen molar-refractivity contribution in [1.29, 1.82) is 0 Å². The summed E-state index contributed by atoms with van der Waals surface area (Å²) in [7, 11) is 0. The molecule has 1 aliphatic rings. The van der Waals surface area contributed by atoms with Crippen LogP contribution in [0.1, 0.15) is 50.1 Å². The topological polar surface area (TPSA) is 75.9 Å². The zero-order chi connectivity index (χ0) is 22.0. The molecule has 1 N–H and O–H groups in total. The Hall–Kier alpha value is -2.96. The summed E-state index contributed by atoms with van der Waals surface area (Å²) >= 11 is 0. The number of rotatable bonds is 7. The molecule has 3 heterocycles. The lowest BCUT2D eigenvalue weighted by Crippen LogP contribution is -2.23. The van der Waals surface area contributed by atoms with Gasteiger partial charge in [0.2, 0.25) is 5.91 Å². The fourth-order valence-corrected chi connectivity index (χ4v) is 4.28. The van der Waals surface area contributed by atoms with E-state index in [1.807, 2.05) is 31.2 Å². The molecule has 0 spiro atoms. The zero-order valence-electron chi connectivity index (χ0n) is 19.0. The highest BCUT2D eigenvalue weighted by Gasteiger charge is 2.21. The monoisotopic (exact) mass is 420 g/mol. The molecule has 2 aromatic heterocycles. The molecule has 1 fully saturated rings. The molecule has 1 amide bonds. The zero-order valence-corrected chi connectivity index (χ0v) is 19.0. The number of nitrogens with one attached hydrogen (secondary N) is 1. The Kier molecular flexibility index (Phi) is 6.20. The van der Waals surface area contributed by atoms with Crippen LogP contribution in [0, 0.1) is 19.8 Å². The Balaban J connectivity index is 1.51. The van der Waals surface area contributed by atoms with Gasteiger partial charge in [0.05, 0.1) is 16.7 Å². The molecular formula is C24H32N6O. The molecule has 3 aromatic rings. The molecule has 0 atom stereocenters. The van der Waals surface area contributed by atoms with Crippen LogP contribution in [-0.2, 0) is 17.8 Å². The summed E-state index contributed by atoms with van der Waals surface area (Å²) in [5.74, 6) is 1.83. The van der Waals surface area contributed by atoms with Crippen LogP contribution in [0.15, 0.2) is 24.3 Å². The van der Waals surface area contributed by atoms with Crippen molar-refractivity contribution in [1.82, 2.24) is 19.7 Å². The summed E-state index contributed by atoms with van der Waals surface area (Å²) in [6.07, 6.45) is 3.34. The summed E-state index contributed by atoms with van der Waals surface area (Å²) in [5, 5.41) is 7.72. The maximum absolute atomic E-state index is 12.9. The van der Waals surface area contributed by atoms with Gasteiger partial charge in [0, 0.05) is 31.7 Å². The first-order chi connectivity index (χ1) is 14.9. The highest BCUT2D eigenvalue weighted by atomic mass is 16.1. The quantitative estimate of drug-likeness (QED) is 0.618. The van der Waals surface area contributed by atoms with Crippen LogP contribution in [-0.4, -0.2) is 38.7 Å². The molecule has 0 unspecified atom stereocenters. The average Bonchev–Trinajstić information content (AvgIpc) is 3.35. The van der Waals surface area contributed by atoms with Crippen LogP contribution >= 0.6 is 0 Å². The molecule has 0 saturated carbocycles. The van der Waals surface area contributed by atoms with Crippen LogP contribution in [0.4, 0.5) is 11.6 Å². The number of aromatic nitrogens is 4. The number of carbonyl (C=O) groups is 1. The van der Waals surface area contributed by atoms with Crippen LogP contribution in [0.3, 0.4) is 0 Å². The largest absolute Gasteiger partial charge is 0.354 e. The van der Waals surface area contributed by atoms with E-state index >= 15 is 0 Å². The highest BCUT2D eigenvalue weighted by Crippen LogP contribution is 2.28. The first kappa shape index (κ1) is 21.3. The van der Waals surface area contributed by atoms with E-state index in [2.05, 4.69) is 40.8 Å².